The number of esters is 2. The highest BCUT2D eigenvalue weighted by atomic mass is 16.5. The first-order valence-corrected chi connectivity index (χ1v) is 7.39. The molecule has 0 amide bonds. The minimum absolute atomic E-state index is 0.00184. The third-order valence-electron chi connectivity index (χ3n) is 4.82. The van der Waals surface area contributed by atoms with Gasteiger partial charge in [0.25, 0.3) is 0 Å². The van der Waals surface area contributed by atoms with Gasteiger partial charge in [0, 0.05) is 6.92 Å². The lowest BCUT2D eigenvalue weighted by Gasteiger charge is -2.32. The van der Waals surface area contributed by atoms with E-state index >= 15 is 0 Å². The first kappa shape index (κ1) is 15.1. The third kappa shape index (κ3) is 2.89. The Kier molecular flexibility index (Phi) is 4.21. The Labute approximate surface area is 120 Å². The second kappa shape index (κ2) is 5.58. The molecule has 4 heteroatoms. The van der Waals surface area contributed by atoms with Crippen molar-refractivity contribution in [1.29, 1.82) is 0 Å². The molecule has 0 aliphatic heterocycles. The number of carbonyl (C=O) groups excluding carboxylic acids is 2. The monoisotopic (exact) mass is 280 g/mol. The van der Waals surface area contributed by atoms with E-state index in [1.807, 2.05) is 13.8 Å². The van der Waals surface area contributed by atoms with Crippen molar-refractivity contribution < 1.29 is 19.1 Å². The van der Waals surface area contributed by atoms with Gasteiger partial charge in [-0.05, 0) is 50.0 Å². The summed E-state index contributed by atoms with van der Waals surface area (Å²) in [7, 11) is 0. The summed E-state index contributed by atoms with van der Waals surface area (Å²) < 4.78 is 10.5. The summed E-state index contributed by atoms with van der Waals surface area (Å²) in [5, 5.41) is 0. The standard InChI is InChI=1S/C16H24O4/c1-5-19-15(18)13-9-16(13,4)12-7-6-10(2)14(8-12)20-11(3)17/h6,12-14H,5,7-9H2,1-4H3/t12-,13?,14-,16+/m1/s1. The molecular weight excluding hydrogens is 256 g/mol. The van der Waals surface area contributed by atoms with E-state index < -0.39 is 0 Å². The van der Waals surface area contributed by atoms with Crippen molar-refractivity contribution in [3.8, 4) is 0 Å². The summed E-state index contributed by atoms with van der Waals surface area (Å²) >= 11 is 0. The van der Waals surface area contributed by atoms with E-state index in [9.17, 15) is 9.59 Å². The predicted molar refractivity (Wildman–Crippen MR) is 74.9 cm³/mol. The summed E-state index contributed by atoms with van der Waals surface area (Å²) in [6, 6.07) is 0. The average Bonchev–Trinajstić information content (AvgIpc) is 3.05. The van der Waals surface area contributed by atoms with Crippen LogP contribution in [-0.4, -0.2) is 24.6 Å². The van der Waals surface area contributed by atoms with E-state index in [1.54, 1.807) is 0 Å². The zero-order valence-corrected chi connectivity index (χ0v) is 12.8. The molecule has 0 aromatic carbocycles. The fourth-order valence-corrected chi connectivity index (χ4v) is 3.31. The van der Waals surface area contributed by atoms with Gasteiger partial charge in [-0.25, -0.2) is 0 Å². The van der Waals surface area contributed by atoms with Crippen LogP contribution in [0, 0.1) is 17.3 Å². The summed E-state index contributed by atoms with van der Waals surface area (Å²) in [6.45, 7) is 7.86. The number of rotatable bonds is 4. The van der Waals surface area contributed by atoms with Crippen LogP contribution in [0.4, 0.5) is 0 Å². The van der Waals surface area contributed by atoms with Crippen molar-refractivity contribution in [3.05, 3.63) is 11.6 Å². The van der Waals surface area contributed by atoms with Crippen LogP contribution in [0.25, 0.3) is 0 Å². The zero-order chi connectivity index (χ0) is 14.9. The Morgan fingerprint density at radius 2 is 2.15 bits per heavy atom. The topological polar surface area (TPSA) is 52.6 Å². The molecule has 0 aromatic rings. The van der Waals surface area contributed by atoms with Gasteiger partial charge in [-0.1, -0.05) is 13.0 Å². The van der Waals surface area contributed by atoms with E-state index in [0.717, 1.165) is 24.8 Å². The van der Waals surface area contributed by atoms with Gasteiger partial charge in [-0.3, -0.25) is 9.59 Å². The van der Waals surface area contributed by atoms with Crippen LogP contribution in [0.3, 0.4) is 0 Å². The molecule has 2 rings (SSSR count). The molecule has 2 aliphatic rings. The van der Waals surface area contributed by atoms with Gasteiger partial charge in [-0.15, -0.1) is 0 Å². The van der Waals surface area contributed by atoms with Crippen LogP contribution in [0.2, 0.25) is 0 Å². The smallest absolute Gasteiger partial charge is 0.309 e. The van der Waals surface area contributed by atoms with Crippen LogP contribution in [0.15, 0.2) is 11.6 Å². The second-order valence-electron chi connectivity index (χ2n) is 6.23. The Morgan fingerprint density at radius 1 is 1.45 bits per heavy atom. The van der Waals surface area contributed by atoms with Crippen molar-refractivity contribution in [3.63, 3.8) is 0 Å². The molecule has 1 saturated carbocycles. The molecule has 2 aliphatic carbocycles. The minimum Gasteiger partial charge on any atom is -0.466 e. The van der Waals surface area contributed by atoms with Crippen LogP contribution in [0.5, 0.6) is 0 Å². The molecule has 112 valence electrons. The molecule has 20 heavy (non-hydrogen) atoms. The van der Waals surface area contributed by atoms with Crippen LogP contribution in [0.1, 0.15) is 47.0 Å². The molecule has 0 N–H and O–H groups in total. The molecular formula is C16H24O4. The van der Waals surface area contributed by atoms with Crippen molar-refractivity contribution in [1.82, 2.24) is 0 Å². The molecule has 0 spiro atoms. The highest BCUT2D eigenvalue weighted by Gasteiger charge is 2.59. The quantitative estimate of drug-likeness (QED) is 0.587. The van der Waals surface area contributed by atoms with E-state index in [-0.39, 0.29) is 29.4 Å². The van der Waals surface area contributed by atoms with E-state index in [2.05, 4.69) is 13.0 Å². The predicted octanol–water partition coefficient (Wildman–Crippen LogP) is 2.86. The molecule has 0 radical (unpaired) electrons. The summed E-state index contributed by atoms with van der Waals surface area (Å²) in [5.41, 5.74) is 1.12. The largest absolute Gasteiger partial charge is 0.466 e. The number of ether oxygens (including phenoxy) is 2. The number of carbonyl (C=O) groups is 2. The highest BCUT2D eigenvalue weighted by Crippen LogP contribution is 2.61. The molecule has 4 atom stereocenters. The maximum absolute atomic E-state index is 11.9. The van der Waals surface area contributed by atoms with Crippen LogP contribution < -0.4 is 0 Å². The lowest BCUT2D eigenvalue weighted by Crippen LogP contribution is -2.30. The fourth-order valence-electron chi connectivity index (χ4n) is 3.31. The van der Waals surface area contributed by atoms with Gasteiger partial charge in [0.2, 0.25) is 0 Å². The lowest BCUT2D eigenvalue weighted by molar-refractivity contribution is -0.148. The SMILES string of the molecule is CCOC(=O)C1C[C@@]1(C)[C@@H]1CC=C(C)[C@H](OC(C)=O)C1. The molecule has 0 aromatic heterocycles. The molecule has 4 nitrogen and oxygen atoms in total. The van der Waals surface area contributed by atoms with Gasteiger partial charge >= 0.3 is 11.9 Å². The van der Waals surface area contributed by atoms with Gasteiger partial charge < -0.3 is 9.47 Å². The molecule has 0 heterocycles. The Hall–Kier alpha value is -1.32. The molecule has 0 saturated heterocycles. The molecule has 1 fully saturated rings. The van der Waals surface area contributed by atoms with Gasteiger partial charge in [0.15, 0.2) is 0 Å². The summed E-state index contributed by atoms with van der Waals surface area (Å²) in [4.78, 5) is 23.0. The van der Waals surface area contributed by atoms with Crippen molar-refractivity contribution >= 4 is 11.9 Å². The van der Waals surface area contributed by atoms with Crippen LogP contribution in [-0.2, 0) is 19.1 Å². The van der Waals surface area contributed by atoms with E-state index in [4.69, 9.17) is 9.47 Å². The Morgan fingerprint density at radius 3 is 2.75 bits per heavy atom. The second-order valence-corrected chi connectivity index (χ2v) is 6.23. The fraction of sp³-hybridized carbons (Fsp3) is 0.750. The van der Waals surface area contributed by atoms with Crippen LogP contribution >= 0.6 is 0 Å². The first-order chi connectivity index (χ1) is 9.38. The zero-order valence-electron chi connectivity index (χ0n) is 12.8. The van der Waals surface area contributed by atoms with Crippen molar-refractivity contribution in [2.24, 2.45) is 17.3 Å². The van der Waals surface area contributed by atoms with Gasteiger partial charge in [-0.2, -0.15) is 0 Å². The number of allylic oxidation sites excluding steroid dienone is 1. The van der Waals surface area contributed by atoms with Crippen molar-refractivity contribution in [2.45, 2.75) is 53.1 Å². The van der Waals surface area contributed by atoms with Gasteiger partial charge in [0.1, 0.15) is 6.10 Å². The summed E-state index contributed by atoms with van der Waals surface area (Å²) in [5.74, 6) is 0.0683. The molecule has 1 unspecified atom stereocenters. The van der Waals surface area contributed by atoms with Crippen molar-refractivity contribution in [2.75, 3.05) is 6.61 Å². The summed E-state index contributed by atoms with van der Waals surface area (Å²) in [6.07, 6.45) is 4.67. The third-order valence-corrected chi connectivity index (χ3v) is 4.82. The number of hydrogen-bond donors (Lipinski definition) is 0. The highest BCUT2D eigenvalue weighted by molar-refractivity contribution is 5.77. The first-order valence-electron chi connectivity index (χ1n) is 7.39. The Bertz CT molecular complexity index is 440. The number of hydrogen-bond acceptors (Lipinski definition) is 4. The average molecular weight is 280 g/mol. The maximum Gasteiger partial charge on any atom is 0.309 e. The van der Waals surface area contributed by atoms with E-state index in [0.29, 0.717) is 12.5 Å². The maximum atomic E-state index is 11.9. The minimum atomic E-state index is -0.244. The lowest BCUT2D eigenvalue weighted by atomic mass is 9.77. The Balaban J connectivity index is 2.01. The molecule has 0 bridgehead atoms. The normalized spacial score (nSPS) is 36.0. The van der Waals surface area contributed by atoms with Gasteiger partial charge in [0.05, 0.1) is 12.5 Å². The van der Waals surface area contributed by atoms with E-state index in [1.165, 1.54) is 6.92 Å².